The number of hydrazone groups is 1. The summed E-state index contributed by atoms with van der Waals surface area (Å²) in [7, 11) is -3.55. The van der Waals surface area contributed by atoms with E-state index in [-0.39, 0.29) is 6.54 Å². The van der Waals surface area contributed by atoms with Gasteiger partial charge in [-0.3, -0.25) is 9.10 Å². The number of anilines is 1. The molecule has 0 saturated heterocycles. The predicted octanol–water partition coefficient (Wildman–Crippen LogP) is 5.38. The van der Waals surface area contributed by atoms with Crippen LogP contribution in [0.4, 0.5) is 5.69 Å². The highest BCUT2D eigenvalue weighted by Crippen LogP contribution is 2.23. The van der Waals surface area contributed by atoms with Crippen LogP contribution in [0.2, 0.25) is 15.1 Å². The van der Waals surface area contributed by atoms with Crippen LogP contribution >= 0.6 is 34.8 Å². The number of hydrogen-bond acceptors (Lipinski definition) is 4. The summed E-state index contributed by atoms with van der Waals surface area (Å²) >= 11 is 17.7. The van der Waals surface area contributed by atoms with Crippen LogP contribution in [0, 0.1) is 0 Å². The fraction of sp³-hybridized carbons (Fsp3) is 0.0909. The number of nitrogens with one attached hydrogen (secondary N) is 1. The van der Waals surface area contributed by atoms with Crippen molar-refractivity contribution in [2.75, 3.05) is 10.6 Å². The third kappa shape index (κ3) is 6.46. The Morgan fingerprint density at radius 1 is 0.969 bits per heavy atom. The largest absolute Gasteiger partial charge is 0.271 e. The van der Waals surface area contributed by atoms with E-state index in [4.69, 9.17) is 34.8 Å². The topological polar surface area (TPSA) is 78.8 Å². The molecular weight excluding hydrogens is 493 g/mol. The lowest BCUT2D eigenvalue weighted by atomic mass is 10.2. The monoisotopic (exact) mass is 509 g/mol. The highest BCUT2D eigenvalue weighted by molar-refractivity contribution is 7.92. The van der Waals surface area contributed by atoms with Gasteiger partial charge < -0.3 is 0 Å². The van der Waals surface area contributed by atoms with E-state index in [1.165, 1.54) is 22.7 Å². The zero-order valence-corrected chi connectivity index (χ0v) is 19.9. The van der Waals surface area contributed by atoms with Gasteiger partial charge >= 0.3 is 0 Å². The van der Waals surface area contributed by atoms with Gasteiger partial charge in [0.1, 0.15) is 0 Å². The van der Waals surface area contributed by atoms with E-state index in [0.717, 1.165) is 11.8 Å². The Morgan fingerprint density at radius 3 is 2.22 bits per heavy atom. The van der Waals surface area contributed by atoms with E-state index >= 15 is 0 Å². The Hall–Kier alpha value is -2.58. The van der Waals surface area contributed by atoms with E-state index in [1.54, 1.807) is 54.6 Å². The number of hydrogen-bond donors (Lipinski definition) is 1. The molecule has 0 aliphatic rings. The van der Waals surface area contributed by atoms with Crippen molar-refractivity contribution in [2.24, 2.45) is 5.10 Å². The van der Waals surface area contributed by atoms with Gasteiger partial charge in [0.05, 0.1) is 34.7 Å². The molecule has 166 valence electrons. The summed E-state index contributed by atoms with van der Waals surface area (Å²) in [5.41, 5.74) is 4.61. The first-order valence-electron chi connectivity index (χ1n) is 9.24. The summed E-state index contributed by atoms with van der Waals surface area (Å²) in [6.45, 7) is 0.134. The minimum absolute atomic E-state index is 0.134. The zero-order chi connectivity index (χ0) is 23.3. The average Bonchev–Trinajstić information content (AvgIpc) is 2.75. The summed E-state index contributed by atoms with van der Waals surface area (Å²) in [4.78, 5) is 12.3. The Morgan fingerprint density at radius 2 is 1.62 bits per heavy atom. The fourth-order valence-electron chi connectivity index (χ4n) is 2.76. The average molecular weight is 511 g/mol. The van der Waals surface area contributed by atoms with Crippen LogP contribution in [0.25, 0.3) is 0 Å². The molecule has 6 nitrogen and oxygen atoms in total. The van der Waals surface area contributed by atoms with E-state index in [1.807, 2.05) is 0 Å². The molecule has 32 heavy (non-hydrogen) atoms. The van der Waals surface area contributed by atoms with Gasteiger partial charge in [-0.05, 0) is 59.7 Å². The third-order valence-electron chi connectivity index (χ3n) is 4.38. The molecule has 0 spiro atoms. The molecule has 0 unspecified atom stereocenters. The van der Waals surface area contributed by atoms with Gasteiger partial charge in [-0.15, -0.1) is 0 Å². The van der Waals surface area contributed by atoms with Crippen LogP contribution in [-0.4, -0.2) is 26.8 Å². The maximum Gasteiger partial charge on any atom is 0.271 e. The van der Waals surface area contributed by atoms with Crippen LogP contribution in [0.1, 0.15) is 21.5 Å². The molecule has 0 atom stereocenters. The quantitative estimate of drug-likeness (QED) is 0.342. The second kappa shape index (κ2) is 10.4. The van der Waals surface area contributed by atoms with E-state index in [0.29, 0.717) is 31.9 Å². The number of carbonyl (C=O) groups is 1. The smallest absolute Gasteiger partial charge is 0.267 e. The van der Waals surface area contributed by atoms with Gasteiger partial charge in [-0.2, -0.15) is 5.10 Å². The number of sulfonamides is 1. The van der Waals surface area contributed by atoms with E-state index in [2.05, 4.69) is 10.5 Å². The molecule has 10 heteroatoms. The number of nitrogens with zero attached hydrogens (tertiary/aromatic N) is 2. The first-order valence-corrected chi connectivity index (χ1v) is 12.2. The molecular formula is C22H18Cl3N3O3S. The number of rotatable bonds is 7. The van der Waals surface area contributed by atoms with Crippen molar-refractivity contribution in [3.8, 4) is 0 Å². The molecule has 3 aromatic carbocycles. The van der Waals surface area contributed by atoms with E-state index in [9.17, 15) is 13.2 Å². The number of benzene rings is 3. The number of amides is 1. The Labute approximate surface area is 201 Å². The van der Waals surface area contributed by atoms with Gasteiger partial charge in [0.2, 0.25) is 10.0 Å². The van der Waals surface area contributed by atoms with Gasteiger partial charge in [-0.25, -0.2) is 13.8 Å². The third-order valence-corrected chi connectivity index (χ3v) is 6.51. The molecule has 0 saturated carbocycles. The van der Waals surface area contributed by atoms with Crippen LogP contribution in [0.15, 0.2) is 71.8 Å². The summed E-state index contributed by atoms with van der Waals surface area (Å²) < 4.78 is 25.9. The second-order valence-corrected chi connectivity index (χ2v) is 9.97. The standard InChI is InChI=1S/C22H18Cl3N3O3S/c1-32(30,31)28(14-15-2-7-18(23)8-3-15)19-9-5-17(6-10-19)22(29)27-26-13-16-4-11-20(24)21(25)12-16/h2-13H,14H2,1H3,(H,27,29)/b26-13-. The van der Waals surface area contributed by atoms with Crippen molar-refractivity contribution in [1.82, 2.24) is 5.43 Å². The molecule has 0 fully saturated rings. The molecule has 0 heterocycles. The minimum Gasteiger partial charge on any atom is -0.267 e. The Kier molecular flexibility index (Phi) is 7.79. The summed E-state index contributed by atoms with van der Waals surface area (Å²) in [6, 6.07) is 18.0. The lowest BCUT2D eigenvalue weighted by Crippen LogP contribution is -2.29. The first-order chi connectivity index (χ1) is 15.1. The van der Waals surface area contributed by atoms with Crippen LogP contribution in [0.3, 0.4) is 0 Å². The predicted molar refractivity (Wildman–Crippen MR) is 130 cm³/mol. The molecule has 0 aliphatic carbocycles. The normalized spacial score (nSPS) is 11.5. The number of carbonyl (C=O) groups excluding carboxylic acids is 1. The van der Waals surface area contributed by atoms with Crippen molar-refractivity contribution in [3.63, 3.8) is 0 Å². The van der Waals surface area contributed by atoms with Crippen LogP contribution in [-0.2, 0) is 16.6 Å². The van der Waals surface area contributed by atoms with Crippen molar-refractivity contribution >= 4 is 62.6 Å². The number of halogens is 3. The molecule has 1 amide bonds. The van der Waals surface area contributed by atoms with Crippen LogP contribution in [0.5, 0.6) is 0 Å². The van der Waals surface area contributed by atoms with E-state index < -0.39 is 15.9 Å². The van der Waals surface area contributed by atoms with Crippen molar-refractivity contribution < 1.29 is 13.2 Å². The van der Waals surface area contributed by atoms with Crippen LogP contribution < -0.4 is 9.73 Å². The summed E-state index contributed by atoms with van der Waals surface area (Å²) in [5, 5.41) is 5.28. The van der Waals surface area contributed by atoms with Gasteiger partial charge in [0.15, 0.2) is 0 Å². The molecule has 1 N–H and O–H groups in total. The van der Waals surface area contributed by atoms with Gasteiger partial charge in [-0.1, -0.05) is 53.0 Å². The molecule has 3 aromatic rings. The molecule has 0 bridgehead atoms. The minimum atomic E-state index is -3.55. The lowest BCUT2D eigenvalue weighted by molar-refractivity contribution is 0.0955. The first kappa shape index (κ1) is 24.1. The Bertz CT molecular complexity index is 1250. The lowest BCUT2D eigenvalue weighted by Gasteiger charge is -2.22. The zero-order valence-electron chi connectivity index (χ0n) is 16.8. The molecule has 3 rings (SSSR count). The van der Waals surface area contributed by atoms with Gasteiger partial charge in [0.25, 0.3) is 5.91 Å². The highest BCUT2D eigenvalue weighted by atomic mass is 35.5. The fourth-order valence-corrected chi connectivity index (χ4v) is 4.08. The maximum absolute atomic E-state index is 12.3. The van der Waals surface area contributed by atoms with Crippen molar-refractivity contribution in [2.45, 2.75) is 6.54 Å². The Balaban J connectivity index is 1.71. The van der Waals surface area contributed by atoms with Crippen molar-refractivity contribution in [1.29, 1.82) is 0 Å². The highest BCUT2D eigenvalue weighted by Gasteiger charge is 2.18. The summed E-state index contributed by atoms with van der Waals surface area (Å²) in [5.74, 6) is -0.448. The SMILES string of the molecule is CS(=O)(=O)N(Cc1ccc(Cl)cc1)c1ccc(C(=O)N/N=C\c2ccc(Cl)c(Cl)c2)cc1. The maximum atomic E-state index is 12.3. The van der Waals surface area contributed by atoms with Gasteiger partial charge in [0, 0.05) is 10.6 Å². The molecule has 0 aromatic heterocycles. The molecule has 0 radical (unpaired) electrons. The molecule has 0 aliphatic heterocycles. The summed E-state index contributed by atoms with van der Waals surface area (Å²) in [6.07, 6.45) is 2.56. The second-order valence-electron chi connectivity index (χ2n) is 6.82. The van der Waals surface area contributed by atoms with Crippen molar-refractivity contribution in [3.05, 3.63) is 98.5 Å².